The van der Waals surface area contributed by atoms with Crippen LogP contribution in [0.25, 0.3) is 0 Å². The van der Waals surface area contributed by atoms with Crippen molar-refractivity contribution in [3.05, 3.63) is 34.6 Å². The molecule has 18 heavy (non-hydrogen) atoms. The zero-order valence-corrected chi connectivity index (χ0v) is 11.3. The van der Waals surface area contributed by atoms with Gasteiger partial charge in [-0.25, -0.2) is 4.39 Å². The number of amides is 1. The third-order valence-corrected chi connectivity index (χ3v) is 4.05. The minimum atomic E-state index is -0.452. The molecule has 0 saturated heterocycles. The number of carbonyl (C=O) groups excluding carboxylic acids is 1. The lowest BCUT2D eigenvalue weighted by Gasteiger charge is -2.16. The van der Waals surface area contributed by atoms with Crippen molar-refractivity contribution >= 4 is 29.1 Å². The summed E-state index contributed by atoms with van der Waals surface area (Å²) in [5.74, 6) is -0.689. The predicted octanol–water partition coefficient (Wildman–Crippen LogP) is 3.30. The van der Waals surface area contributed by atoms with E-state index < -0.39 is 5.82 Å². The summed E-state index contributed by atoms with van der Waals surface area (Å²) in [5.41, 5.74) is 0.237. The summed E-state index contributed by atoms with van der Waals surface area (Å²) >= 11 is 11.9. The first-order chi connectivity index (χ1) is 8.58. The molecule has 0 radical (unpaired) electrons. The number of benzene rings is 1. The van der Waals surface area contributed by atoms with E-state index in [1.54, 1.807) is 6.07 Å². The second-order valence-corrected chi connectivity index (χ2v) is 5.47. The van der Waals surface area contributed by atoms with Crippen molar-refractivity contribution in [3.63, 3.8) is 0 Å². The Hall–Kier alpha value is -0.800. The Kier molecular flexibility index (Phi) is 4.46. The number of halogens is 3. The van der Waals surface area contributed by atoms with Gasteiger partial charge in [0.05, 0.1) is 11.8 Å². The van der Waals surface area contributed by atoms with Crippen LogP contribution in [-0.2, 0) is 11.2 Å². The lowest BCUT2D eigenvalue weighted by molar-refractivity contribution is -0.121. The van der Waals surface area contributed by atoms with E-state index in [9.17, 15) is 9.18 Å². The maximum atomic E-state index is 13.5. The molecule has 0 bridgehead atoms. The number of alkyl halides is 1. The zero-order valence-electron chi connectivity index (χ0n) is 9.76. The van der Waals surface area contributed by atoms with Crippen LogP contribution in [0.1, 0.15) is 24.8 Å². The Labute approximate surface area is 115 Å². The van der Waals surface area contributed by atoms with E-state index in [1.807, 2.05) is 0 Å². The van der Waals surface area contributed by atoms with Gasteiger partial charge in [-0.2, -0.15) is 0 Å². The highest BCUT2D eigenvalue weighted by Gasteiger charge is 2.26. The SMILES string of the molecule is O=C(Cc1c(F)cccc1Cl)NC1CCCC1Cl. The molecule has 1 aliphatic carbocycles. The molecular weight excluding hydrogens is 276 g/mol. The fraction of sp³-hybridized carbons (Fsp3) is 0.462. The van der Waals surface area contributed by atoms with E-state index in [0.717, 1.165) is 19.3 Å². The van der Waals surface area contributed by atoms with Gasteiger partial charge >= 0.3 is 0 Å². The number of nitrogens with one attached hydrogen (secondary N) is 1. The highest BCUT2D eigenvalue weighted by atomic mass is 35.5. The first-order valence-corrected chi connectivity index (χ1v) is 6.75. The van der Waals surface area contributed by atoms with Crippen molar-refractivity contribution in [2.24, 2.45) is 0 Å². The number of carbonyl (C=O) groups is 1. The van der Waals surface area contributed by atoms with Crippen molar-refractivity contribution in [2.75, 3.05) is 0 Å². The minimum Gasteiger partial charge on any atom is -0.352 e. The fourth-order valence-corrected chi connectivity index (χ4v) is 2.77. The normalized spacial score (nSPS) is 23.1. The molecule has 0 heterocycles. The van der Waals surface area contributed by atoms with Gasteiger partial charge in [0, 0.05) is 16.6 Å². The van der Waals surface area contributed by atoms with E-state index in [-0.39, 0.29) is 34.3 Å². The van der Waals surface area contributed by atoms with E-state index in [1.165, 1.54) is 12.1 Å². The maximum Gasteiger partial charge on any atom is 0.224 e. The third-order valence-electron chi connectivity index (χ3n) is 3.18. The number of hydrogen-bond donors (Lipinski definition) is 1. The quantitative estimate of drug-likeness (QED) is 0.850. The summed E-state index contributed by atoms with van der Waals surface area (Å²) in [6.07, 6.45) is 2.75. The molecular formula is C13H14Cl2FNO. The van der Waals surface area contributed by atoms with Crippen molar-refractivity contribution < 1.29 is 9.18 Å². The van der Waals surface area contributed by atoms with Gasteiger partial charge in [-0.05, 0) is 31.4 Å². The average Bonchev–Trinajstić information content (AvgIpc) is 2.70. The molecule has 98 valence electrons. The second-order valence-electron chi connectivity index (χ2n) is 4.50. The summed E-state index contributed by atoms with van der Waals surface area (Å²) in [5, 5.41) is 3.09. The predicted molar refractivity (Wildman–Crippen MR) is 70.5 cm³/mol. The van der Waals surface area contributed by atoms with Crippen LogP contribution >= 0.6 is 23.2 Å². The highest BCUT2D eigenvalue weighted by Crippen LogP contribution is 2.24. The molecule has 1 saturated carbocycles. The molecule has 1 fully saturated rings. The number of rotatable bonds is 3. The first-order valence-electron chi connectivity index (χ1n) is 5.94. The molecule has 0 spiro atoms. The average molecular weight is 290 g/mol. The molecule has 2 nitrogen and oxygen atoms in total. The van der Waals surface area contributed by atoms with Gasteiger partial charge < -0.3 is 5.32 Å². The van der Waals surface area contributed by atoms with Gasteiger partial charge in [0.15, 0.2) is 0 Å². The van der Waals surface area contributed by atoms with Gasteiger partial charge in [-0.15, -0.1) is 11.6 Å². The van der Waals surface area contributed by atoms with Crippen molar-refractivity contribution in [1.82, 2.24) is 5.32 Å². The summed E-state index contributed by atoms with van der Waals surface area (Å²) in [6, 6.07) is 4.39. The fourth-order valence-electron chi connectivity index (χ4n) is 2.20. The summed E-state index contributed by atoms with van der Waals surface area (Å²) < 4.78 is 13.5. The second kappa shape index (κ2) is 5.89. The molecule has 1 aliphatic rings. The largest absolute Gasteiger partial charge is 0.352 e. The first kappa shape index (κ1) is 13.6. The Bertz CT molecular complexity index is 432. The summed E-state index contributed by atoms with van der Waals surface area (Å²) in [6.45, 7) is 0. The third kappa shape index (κ3) is 3.15. The van der Waals surface area contributed by atoms with Crippen molar-refractivity contribution in [3.8, 4) is 0 Å². The Balaban J connectivity index is 1.99. The lowest BCUT2D eigenvalue weighted by Crippen LogP contribution is -2.38. The van der Waals surface area contributed by atoms with Gasteiger partial charge in [0.2, 0.25) is 5.91 Å². The molecule has 1 amide bonds. The number of hydrogen-bond acceptors (Lipinski definition) is 1. The van der Waals surface area contributed by atoms with Crippen LogP contribution in [0.4, 0.5) is 4.39 Å². The van der Waals surface area contributed by atoms with Crippen LogP contribution in [0.5, 0.6) is 0 Å². The summed E-state index contributed by atoms with van der Waals surface area (Å²) in [4.78, 5) is 11.8. The molecule has 0 aliphatic heterocycles. The summed E-state index contributed by atoms with van der Waals surface area (Å²) in [7, 11) is 0. The van der Waals surface area contributed by atoms with Gasteiger partial charge in [0.1, 0.15) is 5.82 Å². The van der Waals surface area contributed by atoms with Gasteiger partial charge in [-0.3, -0.25) is 4.79 Å². The Morgan fingerprint density at radius 1 is 1.44 bits per heavy atom. The lowest BCUT2D eigenvalue weighted by atomic mass is 10.1. The molecule has 2 rings (SSSR count). The molecule has 5 heteroatoms. The standard InChI is InChI=1S/C13H14Cl2FNO/c14-9-3-1-5-11(16)8(9)7-13(18)17-12-6-2-4-10(12)15/h1,3,5,10,12H,2,4,6-7H2,(H,17,18). The van der Waals surface area contributed by atoms with Gasteiger partial charge in [0.25, 0.3) is 0 Å². The minimum absolute atomic E-state index is 0.00952. The van der Waals surface area contributed by atoms with Crippen LogP contribution < -0.4 is 5.32 Å². The molecule has 2 unspecified atom stereocenters. The Morgan fingerprint density at radius 3 is 2.83 bits per heavy atom. The van der Waals surface area contributed by atoms with E-state index in [4.69, 9.17) is 23.2 Å². The van der Waals surface area contributed by atoms with E-state index in [2.05, 4.69) is 5.32 Å². The molecule has 1 aromatic rings. The molecule has 1 N–H and O–H groups in total. The molecule has 0 aromatic heterocycles. The zero-order chi connectivity index (χ0) is 13.1. The maximum absolute atomic E-state index is 13.5. The van der Waals surface area contributed by atoms with Crippen LogP contribution in [0.3, 0.4) is 0 Å². The molecule has 2 atom stereocenters. The molecule has 1 aromatic carbocycles. The van der Waals surface area contributed by atoms with Crippen molar-refractivity contribution in [2.45, 2.75) is 37.1 Å². The topological polar surface area (TPSA) is 29.1 Å². The van der Waals surface area contributed by atoms with Crippen LogP contribution in [0.15, 0.2) is 18.2 Å². The van der Waals surface area contributed by atoms with Crippen LogP contribution in [0.2, 0.25) is 5.02 Å². The van der Waals surface area contributed by atoms with Crippen molar-refractivity contribution in [1.29, 1.82) is 0 Å². The smallest absolute Gasteiger partial charge is 0.224 e. The van der Waals surface area contributed by atoms with E-state index in [0.29, 0.717) is 0 Å². The monoisotopic (exact) mass is 289 g/mol. The van der Waals surface area contributed by atoms with Gasteiger partial charge in [-0.1, -0.05) is 17.7 Å². The van der Waals surface area contributed by atoms with Crippen LogP contribution in [-0.4, -0.2) is 17.3 Å². The van der Waals surface area contributed by atoms with E-state index >= 15 is 0 Å². The Morgan fingerprint density at radius 2 is 2.22 bits per heavy atom. The highest BCUT2D eigenvalue weighted by molar-refractivity contribution is 6.31. The van der Waals surface area contributed by atoms with Crippen LogP contribution in [0, 0.1) is 5.82 Å².